The average molecular weight is 364 g/mol. The lowest BCUT2D eigenvalue weighted by Crippen LogP contribution is -2.51. The van der Waals surface area contributed by atoms with Crippen LogP contribution < -0.4 is 15.8 Å². The minimum atomic E-state index is -0.281. The second kappa shape index (κ2) is 7.23. The normalized spacial score (nSPS) is 16.3. The number of aromatic nitrogens is 2. The summed E-state index contributed by atoms with van der Waals surface area (Å²) in [6, 6.07) is 0. The fraction of sp³-hybridized carbons (Fsp3) is 0.588. The molecule has 0 saturated heterocycles. The van der Waals surface area contributed by atoms with Gasteiger partial charge in [0.2, 0.25) is 5.88 Å². The van der Waals surface area contributed by atoms with Crippen molar-refractivity contribution in [3.05, 3.63) is 16.3 Å². The number of nitrogens with one attached hydrogen (secondary N) is 1. The Morgan fingerprint density at radius 2 is 2.04 bits per heavy atom. The molecular weight excluding hydrogens is 340 g/mol. The third-order valence-electron chi connectivity index (χ3n) is 4.81. The van der Waals surface area contributed by atoms with Crippen molar-refractivity contribution in [1.29, 1.82) is 0 Å². The second-order valence-corrected chi connectivity index (χ2v) is 7.46. The molecule has 7 nitrogen and oxygen atoms in total. The fourth-order valence-corrected chi connectivity index (χ4v) is 4.52. The monoisotopic (exact) mass is 364 g/mol. The number of hydrogen-bond acceptors (Lipinski definition) is 7. The molecule has 0 unspecified atom stereocenters. The number of nitrogens with zero attached hydrogens (tertiary/aromatic N) is 2. The van der Waals surface area contributed by atoms with Gasteiger partial charge in [0.15, 0.2) is 5.82 Å². The highest BCUT2D eigenvalue weighted by Crippen LogP contribution is 2.36. The predicted octanol–water partition coefficient (Wildman–Crippen LogP) is 2.16. The summed E-state index contributed by atoms with van der Waals surface area (Å²) in [7, 11) is 3.16. The SMILES string of the molecule is COCc1nc(OC)c2c(C)c(C(=O)NC3(CN)CCCC3)sc2n1. The first-order chi connectivity index (χ1) is 12.0. The number of hydrogen-bond donors (Lipinski definition) is 2. The van der Waals surface area contributed by atoms with Crippen molar-refractivity contribution in [2.24, 2.45) is 5.73 Å². The first-order valence-electron chi connectivity index (χ1n) is 8.39. The van der Waals surface area contributed by atoms with Crippen LogP contribution in [0.25, 0.3) is 10.2 Å². The Labute approximate surface area is 150 Å². The summed E-state index contributed by atoms with van der Waals surface area (Å²) >= 11 is 1.35. The number of carbonyl (C=O) groups excluding carboxylic acids is 1. The summed E-state index contributed by atoms with van der Waals surface area (Å²) in [4.78, 5) is 23.1. The zero-order valence-corrected chi connectivity index (χ0v) is 15.7. The van der Waals surface area contributed by atoms with Gasteiger partial charge >= 0.3 is 0 Å². The molecule has 1 saturated carbocycles. The van der Waals surface area contributed by atoms with Crippen molar-refractivity contribution in [3.63, 3.8) is 0 Å². The summed E-state index contributed by atoms with van der Waals surface area (Å²) in [5.74, 6) is 0.914. The summed E-state index contributed by atoms with van der Waals surface area (Å²) < 4.78 is 10.5. The van der Waals surface area contributed by atoms with Crippen molar-refractivity contribution in [1.82, 2.24) is 15.3 Å². The van der Waals surface area contributed by atoms with Crippen molar-refractivity contribution < 1.29 is 14.3 Å². The van der Waals surface area contributed by atoms with E-state index in [-0.39, 0.29) is 11.4 Å². The minimum Gasteiger partial charge on any atom is -0.480 e. The van der Waals surface area contributed by atoms with E-state index in [9.17, 15) is 4.79 Å². The highest BCUT2D eigenvalue weighted by molar-refractivity contribution is 7.20. The van der Waals surface area contributed by atoms with Crippen LogP contribution in [0.5, 0.6) is 5.88 Å². The van der Waals surface area contributed by atoms with Crippen LogP contribution in [0.3, 0.4) is 0 Å². The van der Waals surface area contributed by atoms with E-state index in [0.29, 0.717) is 29.7 Å². The maximum atomic E-state index is 12.9. The molecule has 8 heteroatoms. The maximum absolute atomic E-state index is 12.9. The van der Waals surface area contributed by atoms with Crippen LogP contribution in [-0.4, -0.2) is 42.2 Å². The summed E-state index contributed by atoms with van der Waals surface area (Å²) in [5.41, 5.74) is 6.50. The molecule has 0 spiro atoms. The van der Waals surface area contributed by atoms with Crippen molar-refractivity contribution in [3.8, 4) is 5.88 Å². The average Bonchev–Trinajstić information content (AvgIpc) is 3.20. The Morgan fingerprint density at radius 3 is 2.64 bits per heavy atom. The maximum Gasteiger partial charge on any atom is 0.262 e. The summed E-state index contributed by atoms with van der Waals surface area (Å²) in [5, 5.41) is 3.95. The number of carbonyl (C=O) groups is 1. The van der Waals surface area contributed by atoms with E-state index in [2.05, 4.69) is 15.3 Å². The van der Waals surface area contributed by atoms with Gasteiger partial charge in [-0.05, 0) is 25.3 Å². The van der Waals surface area contributed by atoms with Gasteiger partial charge in [0.25, 0.3) is 5.91 Å². The third-order valence-corrected chi connectivity index (χ3v) is 5.99. The topological polar surface area (TPSA) is 99.4 Å². The molecule has 0 aromatic carbocycles. The van der Waals surface area contributed by atoms with E-state index in [4.69, 9.17) is 15.2 Å². The molecule has 2 heterocycles. The van der Waals surface area contributed by atoms with Gasteiger partial charge in [-0.1, -0.05) is 12.8 Å². The summed E-state index contributed by atoms with van der Waals surface area (Å²) in [6.45, 7) is 2.66. The Bertz CT molecular complexity index is 784. The van der Waals surface area contributed by atoms with Crippen LogP contribution in [0.1, 0.15) is 46.7 Å². The number of nitrogens with two attached hydrogens (primary N) is 1. The molecule has 3 rings (SSSR count). The highest BCUT2D eigenvalue weighted by Gasteiger charge is 2.35. The van der Waals surface area contributed by atoms with Gasteiger partial charge in [-0.3, -0.25) is 4.79 Å². The molecule has 1 amide bonds. The summed E-state index contributed by atoms with van der Waals surface area (Å²) in [6.07, 6.45) is 4.06. The number of fused-ring (bicyclic) bond motifs is 1. The van der Waals surface area contributed by atoms with Crippen molar-refractivity contribution in [2.45, 2.75) is 44.8 Å². The molecule has 25 heavy (non-hydrogen) atoms. The van der Waals surface area contributed by atoms with Crippen molar-refractivity contribution >= 4 is 27.5 Å². The molecule has 0 radical (unpaired) electrons. The van der Waals surface area contributed by atoms with E-state index < -0.39 is 0 Å². The number of rotatable bonds is 6. The number of thiophene rings is 1. The minimum absolute atomic E-state index is 0.0943. The molecule has 2 aromatic heterocycles. The fourth-order valence-electron chi connectivity index (χ4n) is 3.43. The van der Waals surface area contributed by atoms with Gasteiger partial charge in [-0.2, -0.15) is 4.98 Å². The second-order valence-electron chi connectivity index (χ2n) is 6.46. The number of methoxy groups -OCH3 is 2. The molecule has 1 aliphatic rings. The Hall–Kier alpha value is -1.77. The van der Waals surface area contributed by atoms with Crippen LogP contribution in [0.4, 0.5) is 0 Å². The number of ether oxygens (including phenoxy) is 2. The smallest absolute Gasteiger partial charge is 0.262 e. The van der Waals surface area contributed by atoms with E-state index in [0.717, 1.165) is 41.5 Å². The van der Waals surface area contributed by atoms with Gasteiger partial charge in [-0.25, -0.2) is 4.98 Å². The van der Waals surface area contributed by atoms with Crippen LogP contribution in [0.2, 0.25) is 0 Å². The quantitative estimate of drug-likeness (QED) is 0.815. The Morgan fingerprint density at radius 1 is 1.32 bits per heavy atom. The molecule has 3 N–H and O–H groups in total. The van der Waals surface area contributed by atoms with E-state index in [1.54, 1.807) is 14.2 Å². The first kappa shape index (κ1) is 18.0. The largest absolute Gasteiger partial charge is 0.480 e. The van der Waals surface area contributed by atoms with Crippen LogP contribution >= 0.6 is 11.3 Å². The Balaban J connectivity index is 1.99. The van der Waals surface area contributed by atoms with Crippen LogP contribution in [-0.2, 0) is 11.3 Å². The number of aryl methyl sites for hydroxylation is 1. The first-order valence-corrected chi connectivity index (χ1v) is 9.21. The lowest BCUT2D eigenvalue weighted by Gasteiger charge is -2.28. The molecule has 1 aliphatic carbocycles. The van der Waals surface area contributed by atoms with Crippen molar-refractivity contribution in [2.75, 3.05) is 20.8 Å². The van der Waals surface area contributed by atoms with Crippen LogP contribution in [0, 0.1) is 6.92 Å². The van der Waals surface area contributed by atoms with Gasteiger partial charge < -0.3 is 20.5 Å². The molecular formula is C17H24N4O3S. The van der Waals surface area contributed by atoms with Gasteiger partial charge in [-0.15, -0.1) is 11.3 Å². The molecule has 0 bridgehead atoms. The molecule has 0 atom stereocenters. The van der Waals surface area contributed by atoms with E-state index >= 15 is 0 Å². The number of amides is 1. The molecule has 2 aromatic rings. The zero-order chi connectivity index (χ0) is 18.0. The molecule has 0 aliphatic heterocycles. The van der Waals surface area contributed by atoms with Gasteiger partial charge in [0, 0.05) is 13.7 Å². The third kappa shape index (κ3) is 3.33. The Kier molecular flexibility index (Phi) is 5.21. The zero-order valence-electron chi connectivity index (χ0n) is 14.8. The predicted molar refractivity (Wildman–Crippen MR) is 97.1 cm³/mol. The highest BCUT2D eigenvalue weighted by atomic mass is 32.1. The van der Waals surface area contributed by atoms with Gasteiger partial charge in [0.05, 0.1) is 22.9 Å². The standard InChI is InChI=1S/C17H24N4O3S/c1-10-12-15(24-3)19-11(8-23-2)20-16(12)25-13(10)14(22)21-17(9-18)6-4-5-7-17/h4-9,18H2,1-3H3,(H,21,22). The molecule has 136 valence electrons. The van der Waals surface area contributed by atoms with Gasteiger partial charge in [0.1, 0.15) is 11.4 Å². The van der Waals surface area contributed by atoms with E-state index in [1.807, 2.05) is 6.92 Å². The lowest BCUT2D eigenvalue weighted by molar-refractivity contribution is 0.0907. The van der Waals surface area contributed by atoms with Crippen LogP contribution in [0.15, 0.2) is 0 Å². The lowest BCUT2D eigenvalue weighted by atomic mass is 9.97. The molecule has 1 fully saturated rings. The van der Waals surface area contributed by atoms with E-state index in [1.165, 1.54) is 11.3 Å².